The van der Waals surface area contributed by atoms with Crippen molar-refractivity contribution in [3.8, 4) is 0 Å². The van der Waals surface area contributed by atoms with E-state index in [2.05, 4.69) is 25.0 Å². The average Bonchev–Trinajstić information content (AvgIpc) is 2.86. The van der Waals surface area contributed by atoms with E-state index in [4.69, 9.17) is 0 Å². The van der Waals surface area contributed by atoms with Gasteiger partial charge in [-0.1, -0.05) is 18.6 Å². The summed E-state index contributed by atoms with van der Waals surface area (Å²) in [7, 11) is 0. The Morgan fingerprint density at radius 3 is 2.89 bits per heavy atom. The van der Waals surface area contributed by atoms with Gasteiger partial charge in [0.05, 0.1) is 0 Å². The van der Waals surface area contributed by atoms with Gasteiger partial charge in [-0.25, -0.2) is 4.39 Å². The van der Waals surface area contributed by atoms with Crippen LogP contribution in [-0.2, 0) is 30.7 Å². The lowest BCUT2D eigenvalue weighted by Gasteiger charge is -2.24. The van der Waals surface area contributed by atoms with Gasteiger partial charge in [-0.3, -0.25) is 9.69 Å². The molecule has 1 saturated carbocycles. The second-order valence-electron chi connectivity index (χ2n) is 7.51. The first-order valence-electron chi connectivity index (χ1n) is 9.84. The van der Waals surface area contributed by atoms with E-state index in [1.165, 1.54) is 12.5 Å². The van der Waals surface area contributed by atoms with Crippen LogP contribution >= 0.6 is 0 Å². The molecule has 27 heavy (non-hydrogen) atoms. The van der Waals surface area contributed by atoms with E-state index in [0.29, 0.717) is 13.0 Å². The standard InChI is InChI=1S/C20H26FN5O/c21-17-6-1-3-15(13-17)14-25-10-8-19-24-23-18(26(19)12-11-25)7-9-22-20(27)16-4-2-5-16/h1,3,6,13,16H,2,4-5,7-12,14H2,(H,22,27). The second kappa shape index (κ2) is 8.17. The Bertz CT molecular complexity index is 801. The van der Waals surface area contributed by atoms with Crippen molar-refractivity contribution in [3.63, 3.8) is 0 Å². The van der Waals surface area contributed by atoms with Gasteiger partial charge in [0, 0.05) is 51.5 Å². The number of nitrogens with one attached hydrogen (secondary N) is 1. The van der Waals surface area contributed by atoms with Crippen molar-refractivity contribution in [2.24, 2.45) is 5.92 Å². The highest BCUT2D eigenvalue weighted by molar-refractivity contribution is 5.79. The van der Waals surface area contributed by atoms with Crippen LogP contribution in [0.4, 0.5) is 4.39 Å². The third-order valence-corrected chi connectivity index (χ3v) is 5.61. The number of amides is 1. The molecule has 1 fully saturated rings. The summed E-state index contributed by atoms with van der Waals surface area (Å²) in [5, 5.41) is 11.7. The number of halogens is 1. The lowest BCUT2D eigenvalue weighted by Crippen LogP contribution is -2.35. The second-order valence-corrected chi connectivity index (χ2v) is 7.51. The highest BCUT2D eigenvalue weighted by Gasteiger charge is 2.25. The van der Waals surface area contributed by atoms with Crippen molar-refractivity contribution in [3.05, 3.63) is 47.3 Å². The maximum Gasteiger partial charge on any atom is 0.223 e. The van der Waals surface area contributed by atoms with E-state index >= 15 is 0 Å². The zero-order valence-electron chi connectivity index (χ0n) is 15.5. The molecule has 0 radical (unpaired) electrons. The Morgan fingerprint density at radius 2 is 2.11 bits per heavy atom. The summed E-state index contributed by atoms with van der Waals surface area (Å²) in [5.74, 6) is 2.14. The highest BCUT2D eigenvalue weighted by atomic mass is 19.1. The Hall–Kier alpha value is -2.28. The molecule has 0 atom stereocenters. The van der Waals surface area contributed by atoms with Gasteiger partial charge in [0.15, 0.2) is 0 Å². The summed E-state index contributed by atoms with van der Waals surface area (Å²) < 4.78 is 15.6. The summed E-state index contributed by atoms with van der Waals surface area (Å²) in [4.78, 5) is 14.3. The highest BCUT2D eigenvalue weighted by Crippen LogP contribution is 2.26. The Labute approximate surface area is 158 Å². The summed E-state index contributed by atoms with van der Waals surface area (Å²) in [6.07, 6.45) is 4.74. The number of fused-ring (bicyclic) bond motifs is 1. The maximum atomic E-state index is 13.4. The molecule has 2 aliphatic rings. The molecule has 1 N–H and O–H groups in total. The van der Waals surface area contributed by atoms with Gasteiger partial charge >= 0.3 is 0 Å². The minimum atomic E-state index is -0.189. The molecule has 144 valence electrons. The topological polar surface area (TPSA) is 63.1 Å². The van der Waals surface area contributed by atoms with E-state index in [-0.39, 0.29) is 17.6 Å². The lowest BCUT2D eigenvalue weighted by molar-refractivity contribution is -0.127. The number of hydrogen-bond donors (Lipinski definition) is 1. The summed E-state index contributed by atoms with van der Waals surface area (Å²) in [6.45, 7) is 3.93. The molecule has 0 bridgehead atoms. The molecule has 2 aromatic rings. The molecule has 2 heterocycles. The molecule has 1 amide bonds. The van der Waals surface area contributed by atoms with Crippen molar-refractivity contribution in [1.82, 2.24) is 25.0 Å². The summed E-state index contributed by atoms with van der Waals surface area (Å²) in [6, 6.07) is 6.79. The average molecular weight is 371 g/mol. The van der Waals surface area contributed by atoms with Gasteiger partial charge < -0.3 is 9.88 Å². The van der Waals surface area contributed by atoms with Crippen LogP contribution in [0.15, 0.2) is 24.3 Å². The predicted molar refractivity (Wildman–Crippen MR) is 99.5 cm³/mol. The van der Waals surface area contributed by atoms with Gasteiger partial charge in [-0.05, 0) is 30.5 Å². The monoisotopic (exact) mass is 371 g/mol. The van der Waals surface area contributed by atoms with Gasteiger partial charge in [0.25, 0.3) is 0 Å². The van der Waals surface area contributed by atoms with Gasteiger partial charge in [-0.15, -0.1) is 10.2 Å². The fraction of sp³-hybridized carbons (Fsp3) is 0.550. The quantitative estimate of drug-likeness (QED) is 0.843. The van der Waals surface area contributed by atoms with Crippen LogP contribution in [0.2, 0.25) is 0 Å². The zero-order chi connectivity index (χ0) is 18.6. The normalized spacial score (nSPS) is 17.8. The minimum Gasteiger partial charge on any atom is -0.355 e. The Kier molecular flexibility index (Phi) is 5.48. The van der Waals surface area contributed by atoms with E-state index < -0.39 is 0 Å². The van der Waals surface area contributed by atoms with Crippen molar-refractivity contribution in [1.29, 1.82) is 0 Å². The van der Waals surface area contributed by atoms with Crippen molar-refractivity contribution in [2.45, 2.75) is 45.2 Å². The van der Waals surface area contributed by atoms with Gasteiger partial charge in [0.1, 0.15) is 17.5 Å². The van der Waals surface area contributed by atoms with Crippen LogP contribution in [0.5, 0.6) is 0 Å². The number of benzene rings is 1. The fourth-order valence-electron chi connectivity index (χ4n) is 3.78. The predicted octanol–water partition coefficient (Wildman–Crippen LogP) is 1.93. The van der Waals surface area contributed by atoms with Crippen molar-refractivity contribution in [2.75, 3.05) is 19.6 Å². The third kappa shape index (κ3) is 4.35. The third-order valence-electron chi connectivity index (χ3n) is 5.61. The van der Waals surface area contributed by atoms with E-state index in [0.717, 1.165) is 62.7 Å². The Morgan fingerprint density at radius 1 is 1.22 bits per heavy atom. The first kappa shape index (κ1) is 18.1. The molecule has 0 saturated heterocycles. The number of carbonyl (C=O) groups excluding carboxylic acids is 1. The first-order chi connectivity index (χ1) is 13.2. The molecular weight excluding hydrogens is 345 g/mol. The van der Waals surface area contributed by atoms with Crippen LogP contribution in [-0.4, -0.2) is 45.2 Å². The van der Waals surface area contributed by atoms with E-state index in [1.54, 1.807) is 12.1 Å². The molecule has 7 heteroatoms. The molecule has 1 aliphatic carbocycles. The molecule has 1 aromatic carbocycles. The summed E-state index contributed by atoms with van der Waals surface area (Å²) in [5.41, 5.74) is 0.992. The lowest BCUT2D eigenvalue weighted by atomic mass is 9.85. The maximum absolute atomic E-state index is 13.4. The van der Waals surface area contributed by atoms with Crippen LogP contribution < -0.4 is 5.32 Å². The van der Waals surface area contributed by atoms with Crippen molar-refractivity contribution < 1.29 is 9.18 Å². The number of nitrogens with zero attached hydrogens (tertiary/aromatic N) is 4. The SMILES string of the molecule is O=C(NCCc1nnc2n1CCN(Cc1cccc(F)c1)CC2)C1CCC1. The van der Waals surface area contributed by atoms with E-state index in [9.17, 15) is 9.18 Å². The molecule has 1 aromatic heterocycles. The van der Waals surface area contributed by atoms with Crippen LogP contribution in [0, 0.1) is 11.7 Å². The fourth-order valence-corrected chi connectivity index (χ4v) is 3.78. The minimum absolute atomic E-state index is 0.179. The number of carbonyl (C=O) groups is 1. The van der Waals surface area contributed by atoms with Gasteiger partial charge in [-0.2, -0.15) is 0 Å². The van der Waals surface area contributed by atoms with Crippen LogP contribution in [0.3, 0.4) is 0 Å². The number of rotatable bonds is 6. The van der Waals surface area contributed by atoms with Gasteiger partial charge in [0.2, 0.25) is 5.91 Å². The molecule has 0 unspecified atom stereocenters. The number of aromatic nitrogens is 3. The molecule has 0 spiro atoms. The first-order valence-corrected chi connectivity index (χ1v) is 9.84. The summed E-state index contributed by atoms with van der Waals surface area (Å²) >= 11 is 0. The largest absolute Gasteiger partial charge is 0.355 e. The van der Waals surface area contributed by atoms with Crippen molar-refractivity contribution >= 4 is 5.91 Å². The number of hydrogen-bond acceptors (Lipinski definition) is 4. The molecular formula is C20H26FN5O. The van der Waals surface area contributed by atoms with Crippen LogP contribution in [0.25, 0.3) is 0 Å². The molecule has 4 rings (SSSR count). The van der Waals surface area contributed by atoms with E-state index in [1.807, 2.05) is 6.07 Å². The Balaban J connectivity index is 1.31. The smallest absolute Gasteiger partial charge is 0.223 e. The zero-order valence-corrected chi connectivity index (χ0v) is 15.5. The van der Waals surface area contributed by atoms with Crippen LogP contribution in [0.1, 0.15) is 36.5 Å². The molecule has 6 nitrogen and oxygen atoms in total. The molecule has 1 aliphatic heterocycles.